The lowest BCUT2D eigenvalue weighted by atomic mass is 10.3. The quantitative estimate of drug-likeness (QED) is 0.790. The molecule has 2 fully saturated rings. The zero-order valence-electron chi connectivity index (χ0n) is 9.24. The molecule has 88 valence electrons. The number of hydrogen-bond acceptors (Lipinski definition) is 4. The summed E-state index contributed by atoms with van der Waals surface area (Å²) >= 11 is 0. The van der Waals surface area contributed by atoms with Crippen molar-refractivity contribution in [2.24, 2.45) is 0 Å². The van der Waals surface area contributed by atoms with Crippen molar-refractivity contribution in [1.29, 1.82) is 0 Å². The van der Waals surface area contributed by atoms with Crippen LogP contribution < -0.4 is 5.32 Å². The number of rotatable bonds is 4. The van der Waals surface area contributed by atoms with Crippen LogP contribution in [0.15, 0.2) is 6.20 Å². The topological polar surface area (TPSA) is 59.2 Å². The molecule has 16 heavy (non-hydrogen) atoms. The highest BCUT2D eigenvalue weighted by atomic mass is 16.6. The molecular formula is C11H17N3O2. The van der Waals surface area contributed by atoms with Gasteiger partial charge in [-0.1, -0.05) is 0 Å². The van der Waals surface area contributed by atoms with Gasteiger partial charge in [0, 0.05) is 24.5 Å². The molecule has 0 radical (unpaired) electrons. The largest absolute Gasteiger partial charge is 0.376 e. The van der Waals surface area contributed by atoms with E-state index in [0.717, 1.165) is 24.1 Å². The van der Waals surface area contributed by atoms with Crippen LogP contribution in [0.1, 0.15) is 30.5 Å². The Morgan fingerprint density at radius 3 is 3.12 bits per heavy atom. The smallest absolute Gasteiger partial charge is 0.138 e. The van der Waals surface area contributed by atoms with E-state index < -0.39 is 0 Å². The van der Waals surface area contributed by atoms with Crippen molar-refractivity contribution in [1.82, 2.24) is 15.3 Å². The Hall–Kier alpha value is -0.910. The maximum absolute atomic E-state index is 5.58. The maximum atomic E-state index is 5.58. The van der Waals surface area contributed by atoms with Gasteiger partial charge in [-0.25, -0.2) is 4.98 Å². The molecule has 0 amide bonds. The molecule has 5 heteroatoms. The Bertz CT molecular complexity index is 343. The van der Waals surface area contributed by atoms with Gasteiger partial charge in [-0.2, -0.15) is 0 Å². The molecule has 1 saturated heterocycles. The summed E-state index contributed by atoms with van der Waals surface area (Å²) < 4.78 is 10.9. The van der Waals surface area contributed by atoms with Crippen LogP contribution in [0, 0.1) is 0 Å². The molecule has 1 unspecified atom stereocenters. The van der Waals surface area contributed by atoms with Gasteiger partial charge in [0.1, 0.15) is 11.9 Å². The molecule has 1 aromatic rings. The van der Waals surface area contributed by atoms with E-state index in [0.29, 0.717) is 19.8 Å². The highest BCUT2D eigenvalue weighted by Crippen LogP contribution is 2.20. The SMILES string of the molecule is c1nc(C2COCCO2)[nH]c1CNC1CC1. The van der Waals surface area contributed by atoms with Crippen molar-refractivity contribution in [2.75, 3.05) is 19.8 Å². The fourth-order valence-corrected chi connectivity index (χ4v) is 1.82. The Balaban J connectivity index is 1.57. The molecule has 3 rings (SSSR count). The third kappa shape index (κ3) is 2.42. The summed E-state index contributed by atoms with van der Waals surface area (Å²) in [5.41, 5.74) is 1.12. The Morgan fingerprint density at radius 1 is 1.44 bits per heavy atom. The second-order valence-corrected chi connectivity index (χ2v) is 4.38. The van der Waals surface area contributed by atoms with Gasteiger partial charge in [0.05, 0.1) is 19.8 Å². The van der Waals surface area contributed by atoms with Gasteiger partial charge in [0.15, 0.2) is 0 Å². The number of nitrogens with zero attached hydrogens (tertiary/aromatic N) is 1. The standard InChI is InChI=1S/C11H17N3O2/c1-2-8(1)12-5-9-6-13-11(14-9)10-7-15-3-4-16-10/h6,8,10,12H,1-5,7H2,(H,13,14). The van der Waals surface area contributed by atoms with Crippen LogP contribution in [0.4, 0.5) is 0 Å². The zero-order chi connectivity index (χ0) is 10.8. The van der Waals surface area contributed by atoms with Crippen LogP contribution in [0.3, 0.4) is 0 Å². The Kier molecular flexibility index (Phi) is 2.90. The Morgan fingerprint density at radius 2 is 2.38 bits per heavy atom. The lowest BCUT2D eigenvalue weighted by Gasteiger charge is -2.20. The molecule has 0 bridgehead atoms. The Labute approximate surface area is 94.5 Å². The first kappa shape index (κ1) is 10.3. The van der Waals surface area contributed by atoms with E-state index in [1.807, 2.05) is 6.20 Å². The third-order valence-electron chi connectivity index (χ3n) is 2.93. The van der Waals surface area contributed by atoms with Crippen LogP contribution in [0.2, 0.25) is 0 Å². The molecule has 2 aliphatic rings. The normalized spacial score (nSPS) is 25.9. The molecule has 1 aromatic heterocycles. The molecule has 1 atom stereocenters. The monoisotopic (exact) mass is 223 g/mol. The predicted octanol–water partition coefficient (Wildman–Crippen LogP) is 0.750. The van der Waals surface area contributed by atoms with Gasteiger partial charge in [-0.15, -0.1) is 0 Å². The summed E-state index contributed by atoms with van der Waals surface area (Å²) in [4.78, 5) is 7.63. The first-order valence-electron chi connectivity index (χ1n) is 5.88. The number of nitrogens with one attached hydrogen (secondary N) is 2. The van der Waals surface area contributed by atoms with E-state index in [-0.39, 0.29) is 6.10 Å². The maximum Gasteiger partial charge on any atom is 0.138 e. The first-order chi connectivity index (χ1) is 7.92. The second-order valence-electron chi connectivity index (χ2n) is 4.38. The number of H-pyrrole nitrogens is 1. The lowest BCUT2D eigenvalue weighted by molar-refractivity contribution is -0.0932. The minimum Gasteiger partial charge on any atom is -0.376 e. The van der Waals surface area contributed by atoms with Crippen molar-refractivity contribution >= 4 is 0 Å². The average Bonchev–Trinajstić information content (AvgIpc) is 3.05. The summed E-state index contributed by atoms with van der Waals surface area (Å²) in [6, 6.07) is 0.723. The van der Waals surface area contributed by atoms with Gasteiger partial charge in [0.2, 0.25) is 0 Å². The summed E-state index contributed by atoms with van der Waals surface area (Å²) in [5, 5.41) is 3.45. The van der Waals surface area contributed by atoms with Crippen molar-refractivity contribution in [3.8, 4) is 0 Å². The molecule has 1 aliphatic carbocycles. The number of hydrogen-bond donors (Lipinski definition) is 2. The minimum absolute atomic E-state index is 0.0246. The first-order valence-corrected chi connectivity index (χ1v) is 5.88. The number of ether oxygens (including phenoxy) is 2. The molecule has 5 nitrogen and oxygen atoms in total. The number of aromatic nitrogens is 2. The van der Waals surface area contributed by atoms with Crippen LogP contribution in [0.25, 0.3) is 0 Å². The molecule has 0 spiro atoms. The third-order valence-corrected chi connectivity index (χ3v) is 2.93. The van der Waals surface area contributed by atoms with Crippen molar-refractivity contribution < 1.29 is 9.47 Å². The van der Waals surface area contributed by atoms with Crippen LogP contribution in [0.5, 0.6) is 0 Å². The highest BCUT2D eigenvalue weighted by Gasteiger charge is 2.22. The average molecular weight is 223 g/mol. The molecular weight excluding hydrogens is 206 g/mol. The number of imidazole rings is 1. The molecule has 2 heterocycles. The van der Waals surface area contributed by atoms with Crippen molar-refractivity contribution in [3.63, 3.8) is 0 Å². The van der Waals surface area contributed by atoms with Gasteiger partial charge >= 0.3 is 0 Å². The number of aromatic amines is 1. The van der Waals surface area contributed by atoms with E-state index in [1.165, 1.54) is 12.8 Å². The molecule has 2 N–H and O–H groups in total. The van der Waals surface area contributed by atoms with Crippen LogP contribution in [-0.4, -0.2) is 35.8 Å². The highest BCUT2D eigenvalue weighted by molar-refractivity contribution is 5.04. The predicted molar refractivity (Wildman–Crippen MR) is 58.0 cm³/mol. The van der Waals surface area contributed by atoms with E-state index in [1.54, 1.807) is 0 Å². The van der Waals surface area contributed by atoms with Gasteiger partial charge in [-0.05, 0) is 12.8 Å². The van der Waals surface area contributed by atoms with E-state index in [9.17, 15) is 0 Å². The van der Waals surface area contributed by atoms with Gasteiger partial charge in [-0.3, -0.25) is 0 Å². The molecule has 0 aromatic carbocycles. The van der Waals surface area contributed by atoms with Gasteiger partial charge < -0.3 is 19.8 Å². The fourth-order valence-electron chi connectivity index (χ4n) is 1.82. The zero-order valence-corrected chi connectivity index (χ0v) is 9.24. The molecule has 1 aliphatic heterocycles. The van der Waals surface area contributed by atoms with Crippen molar-refractivity contribution in [2.45, 2.75) is 31.5 Å². The van der Waals surface area contributed by atoms with E-state index in [2.05, 4.69) is 15.3 Å². The summed E-state index contributed by atoms with van der Waals surface area (Å²) in [7, 11) is 0. The molecule has 1 saturated carbocycles. The minimum atomic E-state index is -0.0246. The second kappa shape index (κ2) is 4.53. The summed E-state index contributed by atoms with van der Waals surface area (Å²) in [6.45, 7) is 2.81. The van der Waals surface area contributed by atoms with E-state index in [4.69, 9.17) is 9.47 Å². The fraction of sp³-hybridized carbons (Fsp3) is 0.727. The summed E-state index contributed by atoms with van der Waals surface area (Å²) in [6.07, 6.45) is 4.47. The van der Waals surface area contributed by atoms with Crippen LogP contribution >= 0.6 is 0 Å². The summed E-state index contributed by atoms with van der Waals surface area (Å²) in [5.74, 6) is 0.882. The van der Waals surface area contributed by atoms with Crippen LogP contribution in [-0.2, 0) is 16.0 Å². The lowest BCUT2D eigenvalue weighted by Crippen LogP contribution is -2.23. The van der Waals surface area contributed by atoms with E-state index >= 15 is 0 Å². The van der Waals surface area contributed by atoms with Gasteiger partial charge in [0.25, 0.3) is 0 Å². The van der Waals surface area contributed by atoms with Crippen molar-refractivity contribution in [3.05, 3.63) is 17.7 Å².